The Bertz CT molecular complexity index is 286. The van der Waals surface area contributed by atoms with Crippen LogP contribution in [-0.4, -0.2) is 48.9 Å². The first kappa shape index (κ1) is 11.4. The third-order valence-electron chi connectivity index (χ3n) is 3.61. The second-order valence-corrected chi connectivity index (χ2v) is 4.94. The highest BCUT2D eigenvalue weighted by Gasteiger charge is 2.34. The summed E-state index contributed by atoms with van der Waals surface area (Å²) in [5.41, 5.74) is 0. The molecule has 2 amide bonds. The van der Waals surface area contributed by atoms with Gasteiger partial charge in [-0.25, -0.2) is 0 Å². The summed E-state index contributed by atoms with van der Waals surface area (Å²) < 4.78 is 0. The first-order valence-electron chi connectivity index (χ1n) is 5.87. The number of nitrogens with one attached hydrogen (secondary N) is 2. The molecule has 2 saturated heterocycles. The summed E-state index contributed by atoms with van der Waals surface area (Å²) >= 11 is 0. The summed E-state index contributed by atoms with van der Waals surface area (Å²) in [6, 6.07) is -0.241. The smallest absolute Gasteiger partial charge is 0.241 e. The summed E-state index contributed by atoms with van der Waals surface area (Å²) in [5.74, 6) is 1.23. The van der Waals surface area contributed by atoms with Crippen LogP contribution >= 0.6 is 0 Å². The second-order valence-electron chi connectivity index (χ2n) is 4.94. The molecule has 2 aliphatic heterocycles. The number of hydrogen-bond acceptors (Lipinski definition) is 3. The Labute approximate surface area is 95.6 Å². The van der Waals surface area contributed by atoms with Gasteiger partial charge in [0.25, 0.3) is 0 Å². The Morgan fingerprint density at radius 2 is 1.94 bits per heavy atom. The van der Waals surface area contributed by atoms with Gasteiger partial charge in [-0.2, -0.15) is 0 Å². The van der Waals surface area contributed by atoms with Crippen molar-refractivity contribution in [1.82, 2.24) is 15.5 Å². The lowest BCUT2D eigenvalue weighted by molar-refractivity contribution is -0.134. The standard InChI is InChI=1S/C11H19N3O2/c1-7-5-14(6-8(7)2)11(16)9-3-13-10(15)4-12-9/h7-9,12H,3-6H2,1-2H3,(H,13,15). The molecule has 0 aromatic rings. The largest absolute Gasteiger partial charge is 0.353 e. The Balaban J connectivity index is 1.90. The molecule has 0 aliphatic carbocycles. The van der Waals surface area contributed by atoms with Crippen LogP contribution in [0.15, 0.2) is 0 Å². The van der Waals surface area contributed by atoms with E-state index in [1.165, 1.54) is 0 Å². The number of hydrogen-bond donors (Lipinski definition) is 2. The van der Waals surface area contributed by atoms with Gasteiger partial charge in [-0.15, -0.1) is 0 Å². The van der Waals surface area contributed by atoms with Crippen molar-refractivity contribution in [2.45, 2.75) is 19.9 Å². The molecule has 2 fully saturated rings. The van der Waals surface area contributed by atoms with Gasteiger partial charge >= 0.3 is 0 Å². The molecule has 2 heterocycles. The van der Waals surface area contributed by atoms with Crippen LogP contribution in [0.4, 0.5) is 0 Å². The SMILES string of the molecule is CC1CN(C(=O)C2CNC(=O)CN2)CC1C. The molecule has 0 radical (unpaired) electrons. The zero-order valence-corrected chi connectivity index (χ0v) is 9.82. The molecular formula is C11H19N3O2. The number of nitrogens with zero attached hydrogens (tertiary/aromatic N) is 1. The molecule has 90 valence electrons. The van der Waals surface area contributed by atoms with Crippen LogP contribution in [0.5, 0.6) is 0 Å². The van der Waals surface area contributed by atoms with Crippen molar-refractivity contribution in [3.63, 3.8) is 0 Å². The lowest BCUT2D eigenvalue weighted by Crippen LogP contribution is -2.58. The first-order chi connectivity index (χ1) is 7.58. The number of carbonyl (C=O) groups excluding carboxylic acids is 2. The lowest BCUT2D eigenvalue weighted by Gasteiger charge is -2.27. The number of carbonyl (C=O) groups is 2. The Morgan fingerprint density at radius 3 is 2.44 bits per heavy atom. The van der Waals surface area contributed by atoms with Crippen molar-refractivity contribution >= 4 is 11.8 Å². The average Bonchev–Trinajstić information content (AvgIpc) is 2.59. The summed E-state index contributed by atoms with van der Waals surface area (Å²) in [4.78, 5) is 25.0. The van der Waals surface area contributed by atoms with E-state index in [1.807, 2.05) is 4.90 Å². The summed E-state index contributed by atoms with van der Waals surface area (Å²) in [7, 11) is 0. The molecule has 16 heavy (non-hydrogen) atoms. The normalized spacial score (nSPS) is 35.0. The van der Waals surface area contributed by atoms with Crippen molar-refractivity contribution in [1.29, 1.82) is 0 Å². The predicted octanol–water partition coefficient (Wildman–Crippen LogP) is -0.811. The van der Waals surface area contributed by atoms with E-state index >= 15 is 0 Å². The van der Waals surface area contributed by atoms with Crippen LogP contribution in [0.2, 0.25) is 0 Å². The van der Waals surface area contributed by atoms with Crippen LogP contribution in [0.25, 0.3) is 0 Å². The van der Waals surface area contributed by atoms with Crippen LogP contribution in [0.1, 0.15) is 13.8 Å². The van der Waals surface area contributed by atoms with E-state index in [0.29, 0.717) is 18.4 Å². The van der Waals surface area contributed by atoms with Gasteiger partial charge in [-0.05, 0) is 11.8 Å². The summed E-state index contributed by atoms with van der Waals surface area (Å²) in [6.45, 7) is 6.69. The van der Waals surface area contributed by atoms with E-state index in [1.54, 1.807) is 0 Å². The molecular weight excluding hydrogens is 206 g/mol. The first-order valence-corrected chi connectivity index (χ1v) is 5.87. The highest BCUT2D eigenvalue weighted by Crippen LogP contribution is 2.22. The van der Waals surface area contributed by atoms with Gasteiger partial charge in [0.05, 0.1) is 6.54 Å². The predicted molar refractivity (Wildman–Crippen MR) is 59.7 cm³/mol. The number of rotatable bonds is 1. The van der Waals surface area contributed by atoms with Crippen LogP contribution in [-0.2, 0) is 9.59 Å². The van der Waals surface area contributed by atoms with Crippen molar-refractivity contribution in [2.75, 3.05) is 26.2 Å². The van der Waals surface area contributed by atoms with E-state index < -0.39 is 0 Å². The molecule has 2 N–H and O–H groups in total. The Hall–Kier alpha value is -1.10. The van der Waals surface area contributed by atoms with Crippen molar-refractivity contribution in [3.8, 4) is 0 Å². The molecule has 5 heteroatoms. The van der Waals surface area contributed by atoms with Gasteiger partial charge in [0.15, 0.2) is 0 Å². The summed E-state index contributed by atoms with van der Waals surface area (Å²) in [6.07, 6.45) is 0. The van der Waals surface area contributed by atoms with Gasteiger partial charge in [0.2, 0.25) is 11.8 Å². The zero-order chi connectivity index (χ0) is 11.7. The Kier molecular flexibility index (Phi) is 3.14. The third kappa shape index (κ3) is 2.19. The molecule has 3 unspecified atom stereocenters. The van der Waals surface area contributed by atoms with Crippen LogP contribution in [0, 0.1) is 11.8 Å². The maximum Gasteiger partial charge on any atom is 0.241 e. The van der Waals surface area contributed by atoms with Crippen molar-refractivity contribution in [2.24, 2.45) is 11.8 Å². The fourth-order valence-corrected chi connectivity index (χ4v) is 2.27. The fourth-order valence-electron chi connectivity index (χ4n) is 2.27. The highest BCUT2D eigenvalue weighted by atomic mass is 16.2. The van der Waals surface area contributed by atoms with Crippen molar-refractivity contribution in [3.05, 3.63) is 0 Å². The van der Waals surface area contributed by atoms with E-state index in [2.05, 4.69) is 24.5 Å². The van der Waals surface area contributed by atoms with Gasteiger partial charge < -0.3 is 10.2 Å². The van der Waals surface area contributed by atoms with Crippen LogP contribution < -0.4 is 10.6 Å². The zero-order valence-electron chi connectivity index (χ0n) is 9.82. The van der Waals surface area contributed by atoms with E-state index in [-0.39, 0.29) is 24.4 Å². The quantitative estimate of drug-likeness (QED) is 0.613. The molecule has 2 rings (SSSR count). The minimum atomic E-state index is -0.241. The highest BCUT2D eigenvalue weighted by molar-refractivity contribution is 5.87. The number of piperazine rings is 1. The number of amides is 2. The van der Waals surface area contributed by atoms with Crippen LogP contribution in [0.3, 0.4) is 0 Å². The molecule has 0 spiro atoms. The average molecular weight is 225 g/mol. The van der Waals surface area contributed by atoms with E-state index in [0.717, 1.165) is 13.1 Å². The Morgan fingerprint density at radius 1 is 1.31 bits per heavy atom. The topological polar surface area (TPSA) is 61.4 Å². The molecule has 3 atom stereocenters. The molecule has 0 aromatic carbocycles. The van der Waals surface area contributed by atoms with Gasteiger partial charge in [-0.3, -0.25) is 14.9 Å². The fraction of sp³-hybridized carbons (Fsp3) is 0.818. The monoisotopic (exact) mass is 225 g/mol. The molecule has 2 aliphatic rings. The lowest BCUT2D eigenvalue weighted by atomic mass is 10.0. The van der Waals surface area contributed by atoms with Crippen molar-refractivity contribution < 1.29 is 9.59 Å². The molecule has 0 bridgehead atoms. The number of likely N-dealkylation sites (tertiary alicyclic amines) is 1. The minimum Gasteiger partial charge on any atom is -0.353 e. The second kappa shape index (κ2) is 4.41. The van der Waals surface area contributed by atoms with Gasteiger partial charge in [0.1, 0.15) is 6.04 Å². The molecule has 5 nitrogen and oxygen atoms in total. The summed E-state index contributed by atoms with van der Waals surface area (Å²) in [5, 5.41) is 5.68. The van der Waals surface area contributed by atoms with E-state index in [9.17, 15) is 9.59 Å². The van der Waals surface area contributed by atoms with Gasteiger partial charge in [-0.1, -0.05) is 13.8 Å². The maximum absolute atomic E-state index is 12.1. The van der Waals surface area contributed by atoms with E-state index in [4.69, 9.17) is 0 Å². The van der Waals surface area contributed by atoms with Gasteiger partial charge in [0, 0.05) is 19.6 Å². The third-order valence-corrected chi connectivity index (χ3v) is 3.61. The molecule has 0 saturated carbocycles. The maximum atomic E-state index is 12.1. The minimum absolute atomic E-state index is 0.0350. The molecule has 0 aromatic heterocycles.